The van der Waals surface area contributed by atoms with E-state index in [2.05, 4.69) is 11.9 Å². The van der Waals surface area contributed by atoms with E-state index in [0.717, 1.165) is 24.1 Å². The molecule has 0 aromatic carbocycles. The van der Waals surface area contributed by atoms with Crippen LogP contribution in [0.3, 0.4) is 0 Å². The van der Waals surface area contributed by atoms with E-state index >= 15 is 0 Å². The van der Waals surface area contributed by atoms with Gasteiger partial charge in [0.25, 0.3) is 0 Å². The maximum Gasteiger partial charge on any atom is 0.0462 e. The summed E-state index contributed by atoms with van der Waals surface area (Å²) < 4.78 is 0. The van der Waals surface area contributed by atoms with Crippen LogP contribution in [0.2, 0.25) is 0 Å². The Kier molecular flexibility index (Phi) is 2.97. The normalized spacial score (nSPS) is 9.83. The largest absolute Gasteiger partial charge is 0.305 e. The molecule has 0 radical (unpaired) electrons. The zero-order chi connectivity index (χ0) is 8.97. The number of hydrogen-bond donors (Lipinski definition) is 1. The van der Waals surface area contributed by atoms with Crippen LogP contribution in [0.15, 0.2) is 18.3 Å². The average Bonchev–Trinajstić information content (AvgIpc) is 2.05. The van der Waals surface area contributed by atoms with Crippen molar-refractivity contribution in [1.29, 1.82) is 5.41 Å². The molecular weight excluding hydrogens is 148 g/mol. The molecule has 1 aromatic heterocycles. The van der Waals surface area contributed by atoms with Crippen LogP contribution in [0.25, 0.3) is 0 Å². The van der Waals surface area contributed by atoms with Gasteiger partial charge in [0.05, 0.1) is 0 Å². The average molecular weight is 162 g/mol. The highest BCUT2D eigenvalue weighted by Gasteiger charge is 2.02. The summed E-state index contributed by atoms with van der Waals surface area (Å²) in [6, 6.07) is 3.84. The molecule has 2 nitrogen and oxygen atoms in total. The first kappa shape index (κ1) is 8.91. The minimum Gasteiger partial charge on any atom is -0.305 e. The van der Waals surface area contributed by atoms with Gasteiger partial charge in [-0.2, -0.15) is 0 Å². The van der Waals surface area contributed by atoms with Crippen molar-refractivity contribution in [2.75, 3.05) is 0 Å². The lowest BCUT2D eigenvalue weighted by atomic mass is 10.1. The molecule has 0 fully saturated rings. The number of nitrogens with zero attached hydrogens (tertiary/aromatic N) is 1. The monoisotopic (exact) mass is 162 g/mol. The van der Waals surface area contributed by atoms with Crippen LogP contribution in [0.5, 0.6) is 0 Å². The molecule has 12 heavy (non-hydrogen) atoms. The van der Waals surface area contributed by atoms with Gasteiger partial charge in [0.1, 0.15) is 0 Å². The first-order valence-electron chi connectivity index (χ1n) is 4.25. The van der Waals surface area contributed by atoms with Gasteiger partial charge in [-0.05, 0) is 25.5 Å². The summed E-state index contributed by atoms with van der Waals surface area (Å²) in [5, 5.41) is 7.73. The van der Waals surface area contributed by atoms with Gasteiger partial charge in [-0.15, -0.1) is 0 Å². The lowest BCUT2D eigenvalue weighted by Gasteiger charge is -2.04. The summed E-state index contributed by atoms with van der Waals surface area (Å²) in [5.41, 5.74) is 2.64. The highest BCUT2D eigenvalue weighted by atomic mass is 14.7. The molecule has 0 aliphatic heterocycles. The van der Waals surface area contributed by atoms with Gasteiger partial charge in [0.15, 0.2) is 0 Å². The first-order chi connectivity index (χ1) is 5.75. The second-order valence-corrected chi connectivity index (χ2v) is 2.86. The number of aromatic nitrogens is 1. The molecule has 0 amide bonds. The summed E-state index contributed by atoms with van der Waals surface area (Å²) in [4.78, 5) is 4.14. The standard InChI is InChI=1S/C10H14N2/c1-3-5-10(11)9-6-4-7-12-8(9)2/h4,6-7,11H,3,5H2,1-2H3. The van der Waals surface area contributed by atoms with Crippen molar-refractivity contribution in [3.05, 3.63) is 29.6 Å². The minimum atomic E-state index is 0.697. The van der Waals surface area contributed by atoms with Crippen LogP contribution in [0.1, 0.15) is 31.0 Å². The second kappa shape index (κ2) is 4.00. The Bertz CT molecular complexity index is 279. The molecular formula is C10H14N2. The molecule has 0 bridgehead atoms. The molecule has 1 rings (SSSR count). The van der Waals surface area contributed by atoms with Crippen molar-refractivity contribution in [2.24, 2.45) is 0 Å². The number of pyridine rings is 1. The Morgan fingerprint density at radius 2 is 2.33 bits per heavy atom. The van der Waals surface area contributed by atoms with Crippen molar-refractivity contribution in [2.45, 2.75) is 26.7 Å². The van der Waals surface area contributed by atoms with Crippen molar-refractivity contribution in [1.82, 2.24) is 4.98 Å². The van der Waals surface area contributed by atoms with Gasteiger partial charge < -0.3 is 5.41 Å². The van der Waals surface area contributed by atoms with Crippen molar-refractivity contribution < 1.29 is 0 Å². The third-order valence-corrected chi connectivity index (χ3v) is 1.83. The smallest absolute Gasteiger partial charge is 0.0462 e. The van der Waals surface area contributed by atoms with Crippen LogP contribution in [0, 0.1) is 12.3 Å². The molecule has 0 aliphatic rings. The van der Waals surface area contributed by atoms with E-state index in [9.17, 15) is 0 Å². The van der Waals surface area contributed by atoms with E-state index in [1.54, 1.807) is 6.20 Å². The predicted octanol–water partition coefficient (Wildman–Crippen LogP) is 2.56. The maximum atomic E-state index is 7.73. The van der Waals surface area contributed by atoms with Crippen molar-refractivity contribution in [3.63, 3.8) is 0 Å². The molecule has 0 atom stereocenters. The summed E-state index contributed by atoms with van der Waals surface area (Å²) in [5.74, 6) is 0. The Labute approximate surface area is 73.2 Å². The van der Waals surface area contributed by atoms with E-state index in [-0.39, 0.29) is 0 Å². The van der Waals surface area contributed by atoms with E-state index in [1.807, 2.05) is 19.1 Å². The first-order valence-corrected chi connectivity index (χ1v) is 4.25. The Morgan fingerprint density at radius 1 is 1.58 bits per heavy atom. The molecule has 1 N–H and O–H groups in total. The summed E-state index contributed by atoms with van der Waals surface area (Å²) in [6.07, 6.45) is 3.62. The zero-order valence-electron chi connectivity index (χ0n) is 7.59. The third kappa shape index (κ3) is 1.91. The van der Waals surface area contributed by atoms with Gasteiger partial charge in [0, 0.05) is 23.2 Å². The van der Waals surface area contributed by atoms with E-state index in [0.29, 0.717) is 5.71 Å². The fourth-order valence-corrected chi connectivity index (χ4v) is 1.19. The van der Waals surface area contributed by atoms with Gasteiger partial charge in [0.2, 0.25) is 0 Å². The SMILES string of the molecule is CCCC(=N)c1cccnc1C. The van der Waals surface area contributed by atoms with Crippen LogP contribution < -0.4 is 0 Å². The molecule has 0 spiro atoms. The molecule has 1 aromatic rings. The minimum absolute atomic E-state index is 0.697. The summed E-state index contributed by atoms with van der Waals surface area (Å²) >= 11 is 0. The van der Waals surface area contributed by atoms with Crippen molar-refractivity contribution >= 4 is 5.71 Å². The Hall–Kier alpha value is -1.18. The lowest BCUT2D eigenvalue weighted by Crippen LogP contribution is -2.01. The summed E-state index contributed by atoms with van der Waals surface area (Å²) in [6.45, 7) is 4.03. The van der Waals surface area contributed by atoms with Gasteiger partial charge in [-0.1, -0.05) is 13.3 Å². The lowest BCUT2D eigenvalue weighted by molar-refractivity contribution is 0.982. The highest BCUT2D eigenvalue weighted by Crippen LogP contribution is 2.07. The predicted molar refractivity (Wildman–Crippen MR) is 50.7 cm³/mol. The number of hydrogen-bond acceptors (Lipinski definition) is 2. The topological polar surface area (TPSA) is 36.7 Å². The van der Waals surface area contributed by atoms with E-state index < -0.39 is 0 Å². The van der Waals surface area contributed by atoms with E-state index in [4.69, 9.17) is 5.41 Å². The fourth-order valence-electron chi connectivity index (χ4n) is 1.19. The van der Waals surface area contributed by atoms with Gasteiger partial charge in [-0.25, -0.2) is 0 Å². The second-order valence-electron chi connectivity index (χ2n) is 2.86. The molecule has 2 heteroatoms. The molecule has 0 saturated heterocycles. The quantitative estimate of drug-likeness (QED) is 0.681. The van der Waals surface area contributed by atoms with Crippen LogP contribution in [0.4, 0.5) is 0 Å². The van der Waals surface area contributed by atoms with Crippen molar-refractivity contribution in [3.8, 4) is 0 Å². The molecule has 0 aliphatic carbocycles. The Balaban J connectivity index is 2.87. The number of aryl methyl sites for hydroxylation is 1. The highest BCUT2D eigenvalue weighted by molar-refractivity contribution is 5.98. The molecule has 64 valence electrons. The molecule has 0 unspecified atom stereocenters. The van der Waals surface area contributed by atoms with E-state index in [1.165, 1.54) is 0 Å². The number of rotatable bonds is 3. The molecule has 0 saturated carbocycles. The maximum absolute atomic E-state index is 7.73. The van der Waals surface area contributed by atoms with Gasteiger partial charge in [-0.3, -0.25) is 4.98 Å². The van der Waals surface area contributed by atoms with Gasteiger partial charge >= 0.3 is 0 Å². The zero-order valence-corrected chi connectivity index (χ0v) is 7.59. The third-order valence-electron chi connectivity index (χ3n) is 1.83. The molecule has 1 heterocycles. The fraction of sp³-hybridized carbons (Fsp3) is 0.400. The Morgan fingerprint density at radius 3 is 2.92 bits per heavy atom. The van der Waals surface area contributed by atoms with Crippen LogP contribution in [-0.2, 0) is 0 Å². The van der Waals surface area contributed by atoms with Crippen LogP contribution >= 0.6 is 0 Å². The summed E-state index contributed by atoms with van der Waals surface area (Å²) in [7, 11) is 0. The number of nitrogens with one attached hydrogen (secondary N) is 1. The van der Waals surface area contributed by atoms with Crippen LogP contribution in [-0.4, -0.2) is 10.7 Å².